The van der Waals surface area contributed by atoms with Crippen molar-refractivity contribution in [3.8, 4) is 23.0 Å². The minimum atomic E-state index is -1.40. The lowest BCUT2D eigenvalue weighted by Gasteiger charge is -2.49. The standard InChI is InChI=1S/C48H36ClN3O7/c1-58-41-24-27(15-23-39(41)53)14-22-36-33-20-21-34-42(46(56)51(44(34)54)31-18-16-28(17-19-31)43-50-38-12-5-6-13-40(38)59-43)35(33)26-37-45(55)52(32-11-7-10-30(49)25-32)47(57)48(36,37)29-8-3-2-4-9-29/h2-20,22-25,34-37,42,53H,21,26H2,1H3/t34-,35+,36-,37-,42-,48-/m0/s1. The van der Waals surface area contributed by atoms with Gasteiger partial charge in [0.25, 0.3) is 0 Å². The summed E-state index contributed by atoms with van der Waals surface area (Å²) in [4.78, 5) is 66.6. The second-order valence-electron chi connectivity index (χ2n) is 15.5. The highest BCUT2D eigenvalue weighted by molar-refractivity contribution is 6.32. The van der Waals surface area contributed by atoms with Crippen LogP contribution in [-0.2, 0) is 24.6 Å². The molecule has 0 spiro atoms. The Morgan fingerprint density at radius 2 is 1.59 bits per heavy atom. The zero-order chi connectivity index (χ0) is 40.6. The van der Waals surface area contributed by atoms with Crippen LogP contribution in [0.1, 0.15) is 24.0 Å². The van der Waals surface area contributed by atoms with Gasteiger partial charge >= 0.3 is 0 Å². The van der Waals surface area contributed by atoms with Crippen LogP contribution < -0.4 is 14.5 Å². The Hall–Kier alpha value is -6.78. The van der Waals surface area contributed by atoms with Crippen molar-refractivity contribution in [3.05, 3.63) is 155 Å². The summed E-state index contributed by atoms with van der Waals surface area (Å²) < 4.78 is 11.3. The van der Waals surface area contributed by atoms with Crippen LogP contribution in [0.5, 0.6) is 11.5 Å². The fourth-order valence-corrected chi connectivity index (χ4v) is 10.2. The number of allylic oxidation sites excluding steroid dienone is 3. The third-order valence-electron chi connectivity index (χ3n) is 12.6. The van der Waals surface area contributed by atoms with Crippen molar-refractivity contribution >= 4 is 63.8 Å². The summed E-state index contributed by atoms with van der Waals surface area (Å²) in [5.74, 6) is -4.30. The monoisotopic (exact) mass is 801 g/mol. The average Bonchev–Trinajstić information content (AvgIpc) is 3.88. The Morgan fingerprint density at radius 1 is 0.814 bits per heavy atom. The number of methoxy groups -OCH3 is 1. The maximum atomic E-state index is 15.4. The molecule has 292 valence electrons. The topological polar surface area (TPSA) is 130 Å². The van der Waals surface area contributed by atoms with E-state index < -0.39 is 46.8 Å². The third-order valence-corrected chi connectivity index (χ3v) is 12.8. The Labute approximate surface area is 344 Å². The normalized spacial score (nSPS) is 25.1. The van der Waals surface area contributed by atoms with Gasteiger partial charge in [-0.05, 0) is 96.6 Å². The van der Waals surface area contributed by atoms with Gasteiger partial charge in [0.1, 0.15) is 5.52 Å². The molecule has 0 radical (unpaired) electrons. The third kappa shape index (κ3) is 5.57. The van der Waals surface area contributed by atoms with E-state index in [1.54, 1.807) is 60.7 Å². The van der Waals surface area contributed by atoms with Crippen molar-refractivity contribution in [1.29, 1.82) is 0 Å². The molecule has 2 saturated heterocycles. The Bertz CT molecular complexity index is 2750. The van der Waals surface area contributed by atoms with E-state index in [4.69, 9.17) is 20.8 Å². The summed E-state index contributed by atoms with van der Waals surface area (Å²) in [6, 6.07) is 35.5. The first kappa shape index (κ1) is 36.6. The number of imide groups is 2. The first-order valence-corrected chi connectivity index (χ1v) is 19.8. The predicted molar refractivity (Wildman–Crippen MR) is 222 cm³/mol. The summed E-state index contributed by atoms with van der Waals surface area (Å²) in [6.07, 6.45) is 6.26. The number of benzene rings is 5. The van der Waals surface area contributed by atoms with Gasteiger partial charge in [0.05, 0.1) is 41.7 Å². The predicted octanol–water partition coefficient (Wildman–Crippen LogP) is 8.78. The van der Waals surface area contributed by atoms with E-state index in [0.29, 0.717) is 44.6 Å². The molecule has 5 aromatic carbocycles. The van der Waals surface area contributed by atoms with Gasteiger partial charge in [-0.1, -0.05) is 90.0 Å². The lowest BCUT2D eigenvalue weighted by Crippen LogP contribution is -2.54. The number of phenolic OH excluding ortho intramolecular Hbond substituents is 1. The Balaban J connectivity index is 1.08. The number of hydrogen-bond donors (Lipinski definition) is 1. The van der Waals surface area contributed by atoms with E-state index in [9.17, 15) is 19.5 Å². The number of ether oxygens (including phenoxy) is 1. The highest BCUT2D eigenvalue weighted by Gasteiger charge is 2.69. The first-order valence-electron chi connectivity index (χ1n) is 19.5. The number of para-hydroxylation sites is 2. The maximum absolute atomic E-state index is 15.4. The molecule has 4 amide bonds. The summed E-state index contributed by atoms with van der Waals surface area (Å²) in [5, 5.41) is 10.7. The smallest absolute Gasteiger partial charge is 0.246 e. The lowest BCUT2D eigenvalue weighted by molar-refractivity contribution is -0.128. The van der Waals surface area contributed by atoms with Crippen LogP contribution in [0.2, 0.25) is 5.02 Å². The van der Waals surface area contributed by atoms with Crippen molar-refractivity contribution in [1.82, 2.24) is 4.98 Å². The van der Waals surface area contributed by atoms with Crippen molar-refractivity contribution in [2.45, 2.75) is 18.3 Å². The number of phenols is 1. The van der Waals surface area contributed by atoms with Gasteiger partial charge in [-0.3, -0.25) is 24.1 Å². The number of carbonyl (C=O) groups excluding carboxylic acids is 4. The molecule has 2 aliphatic carbocycles. The van der Waals surface area contributed by atoms with Gasteiger partial charge in [-0.2, -0.15) is 0 Å². The van der Waals surface area contributed by atoms with E-state index >= 15 is 4.79 Å². The van der Waals surface area contributed by atoms with Crippen molar-refractivity contribution in [2.75, 3.05) is 16.9 Å². The number of rotatable bonds is 7. The van der Waals surface area contributed by atoms with Crippen molar-refractivity contribution < 1.29 is 33.4 Å². The summed E-state index contributed by atoms with van der Waals surface area (Å²) in [6.45, 7) is 0. The number of anilines is 2. The molecule has 59 heavy (non-hydrogen) atoms. The van der Waals surface area contributed by atoms with Crippen LogP contribution in [-0.4, -0.2) is 40.8 Å². The Morgan fingerprint density at radius 3 is 2.36 bits per heavy atom. The molecule has 1 saturated carbocycles. The van der Waals surface area contributed by atoms with Gasteiger partial charge in [-0.25, -0.2) is 9.88 Å². The molecular formula is C48H36ClN3O7. The summed E-state index contributed by atoms with van der Waals surface area (Å²) in [7, 11) is 1.47. The molecule has 11 heteroatoms. The van der Waals surface area contributed by atoms with Crippen LogP contribution in [0, 0.1) is 29.6 Å². The van der Waals surface area contributed by atoms with Gasteiger partial charge in [-0.15, -0.1) is 0 Å². The summed E-state index contributed by atoms with van der Waals surface area (Å²) in [5.41, 5.74) is 3.66. The van der Waals surface area contributed by atoms with Crippen molar-refractivity contribution in [2.24, 2.45) is 29.6 Å². The van der Waals surface area contributed by atoms with Crippen LogP contribution in [0.3, 0.4) is 0 Å². The van der Waals surface area contributed by atoms with E-state index in [0.717, 1.165) is 11.1 Å². The minimum Gasteiger partial charge on any atom is -0.504 e. The van der Waals surface area contributed by atoms with Crippen LogP contribution in [0.25, 0.3) is 28.6 Å². The first-order chi connectivity index (χ1) is 28.7. The van der Waals surface area contributed by atoms with Gasteiger partial charge in [0, 0.05) is 16.5 Å². The highest BCUT2D eigenvalue weighted by Crippen LogP contribution is 2.62. The fraction of sp³-hybridized carbons (Fsp3) is 0.188. The van der Waals surface area contributed by atoms with E-state index in [1.807, 2.05) is 72.8 Å². The van der Waals surface area contributed by atoms with Gasteiger partial charge < -0.3 is 14.3 Å². The molecule has 4 aliphatic rings. The van der Waals surface area contributed by atoms with Crippen molar-refractivity contribution in [3.63, 3.8) is 0 Å². The number of hydrogen-bond acceptors (Lipinski definition) is 8. The number of halogens is 1. The maximum Gasteiger partial charge on any atom is 0.246 e. The molecule has 0 bridgehead atoms. The number of nitrogens with zero attached hydrogens (tertiary/aromatic N) is 3. The molecule has 1 N–H and O–H groups in total. The van der Waals surface area contributed by atoms with E-state index in [2.05, 4.69) is 4.98 Å². The summed E-state index contributed by atoms with van der Waals surface area (Å²) >= 11 is 6.44. The molecule has 10 nitrogen and oxygen atoms in total. The van der Waals surface area contributed by atoms with Crippen LogP contribution >= 0.6 is 11.6 Å². The van der Waals surface area contributed by atoms with Gasteiger partial charge in [0.15, 0.2) is 17.1 Å². The Kier molecular flexibility index (Phi) is 8.64. The van der Waals surface area contributed by atoms with E-state index in [-0.39, 0.29) is 36.2 Å². The zero-order valence-corrected chi connectivity index (χ0v) is 32.5. The number of oxazole rings is 1. The average molecular weight is 802 g/mol. The number of aromatic hydroxyl groups is 1. The van der Waals surface area contributed by atoms with Crippen LogP contribution in [0.4, 0.5) is 11.4 Å². The SMILES string of the molecule is COc1cc(C=C[C@H]2C3=CC[C@@H]4C(=O)N(c5ccc(-c6nc7ccccc7o6)cc5)C(=O)[C@@H]4[C@@H]3C[C@H]3C(=O)N(c4cccc(Cl)c4)C(=O)[C@@]23c2ccccc2)ccc1O. The highest BCUT2D eigenvalue weighted by atomic mass is 35.5. The quantitative estimate of drug-likeness (QED) is 0.125. The largest absolute Gasteiger partial charge is 0.504 e. The number of aromatic nitrogens is 1. The van der Waals surface area contributed by atoms with E-state index in [1.165, 1.54) is 23.0 Å². The molecule has 10 rings (SSSR count). The fourth-order valence-electron chi connectivity index (χ4n) is 10.00. The van der Waals surface area contributed by atoms with Crippen LogP contribution in [0.15, 0.2) is 143 Å². The molecular weight excluding hydrogens is 766 g/mol. The second kappa shape index (κ2) is 14.0. The number of carbonyl (C=O) groups is 4. The molecule has 0 unspecified atom stereocenters. The molecule has 2 aliphatic heterocycles. The molecule has 1 aromatic heterocycles. The minimum absolute atomic E-state index is 0.0206. The lowest BCUT2D eigenvalue weighted by atomic mass is 9.50. The zero-order valence-electron chi connectivity index (χ0n) is 31.7. The van der Waals surface area contributed by atoms with Gasteiger partial charge in [0.2, 0.25) is 29.5 Å². The molecule has 6 aromatic rings. The molecule has 6 atom stereocenters. The molecule has 3 fully saturated rings. The molecule has 3 heterocycles. The number of fused-ring (bicyclic) bond motifs is 5. The second-order valence-corrected chi connectivity index (χ2v) is 15.9. The number of amides is 4.